The molecular formula is C25H32N2O4Si. The van der Waals surface area contributed by atoms with Gasteiger partial charge < -0.3 is 15.1 Å². The lowest BCUT2D eigenvalue weighted by Gasteiger charge is -2.38. The van der Waals surface area contributed by atoms with Gasteiger partial charge in [-0.25, -0.2) is 9.59 Å². The number of hydrogen-bond acceptors (Lipinski definition) is 4. The number of fused-ring (bicyclic) bond motifs is 2. The molecule has 2 aliphatic rings. The van der Waals surface area contributed by atoms with E-state index in [9.17, 15) is 9.59 Å². The largest absolute Gasteiger partial charge is 0.478 e. The average Bonchev–Trinajstić information content (AvgIpc) is 2.87. The lowest BCUT2D eigenvalue weighted by molar-refractivity contribution is -0.134. The summed E-state index contributed by atoms with van der Waals surface area (Å²) < 4.78 is 0. The molecule has 1 atom stereocenters. The van der Waals surface area contributed by atoms with Crippen LogP contribution >= 0.6 is 0 Å². The lowest BCUT2D eigenvalue weighted by atomic mass is 9.97. The van der Waals surface area contributed by atoms with Gasteiger partial charge in [-0.1, -0.05) is 66.8 Å². The van der Waals surface area contributed by atoms with Crippen molar-refractivity contribution in [2.24, 2.45) is 0 Å². The molecule has 1 fully saturated rings. The molecule has 2 aromatic rings. The van der Waals surface area contributed by atoms with Crippen LogP contribution in [-0.4, -0.2) is 73.3 Å². The number of carboxylic acid groups (broad SMARTS) is 2. The Labute approximate surface area is 190 Å². The zero-order chi connectivity index (χ0) is 23.3. The van der Waals surface area contributed by atoms with Crippen LogP contribution in [0, 0.1) is 0 Å². The maximum absolute atomic E-state index is 9.55. The van der Waals surface area contributed by atoms with Crippen molar-refractivity contribution in [2.75, 3.05) is 33.2 Å². The average molecular weight is 453 g/mol. The number of nitrogens with zero attached hydrogens (tertiary/aromatic N) is 2. The van der Waals surface area contributed by atoms with Crippen LogP contribution in [0.25, 0.3) is 0 Å². The topological polar surface area (TPSA) is 81.1 Å². The number of likely N-dealkylation sites (N-methyl/N-ethyl adjacent to an activating group) is 1. The van der Waals surface area contributed by atoms with E-state index in [1.165, 1.54) is 26.2 Å². The van der Waals surface area contributed by atoms with Crippen molar-refractivity contribution >= 4 is 30.4 Å². The van der Waals surface area contributed by atoms with Gasteiger partial charge in [0.25, 0.3) is 0 Å². The highest BCUT2D eigenvalue weighted by Crippen LogP contribution is 2.29. The van der Waals surface area contributed by atoms with Gasteiger partial charge in [-0.05, 0) is 29.8 Å². The van der Waals surface area contributed by atoms with Gasteiger partial charge in [0, 0.05) is 44.4 Å². The summed E-state index contributed by atoms with van der Waals surface area (Å²) in [6.45, 7) is 9.77. The fourth-order valence-electron chi connectivity index (χ4n) is 4.73. The first-order chi connectivity index (χ1) is 15.2. The van der Waals surface area contributed by atoms with Crippen molar-refractivity contribution in [3.63, 3.8) is 0 Å². The first-order valence-corrected chi connectivity index (χ1v) is 13.9. The van der Waals surface area contributed by atoms with E-state index in [0.717, 1.165) is 6.42 Å². The number of benzene rings is 2. The monoisotopic (exact) mass is 452 g/mol. The minimum absolute atomic E-state index is 0.533. The Kier molecular flexibility index (Phi) is 7.66. The SMILES string of the molecule is CN1CCN(C2Cc3ccccc3[Si](C)(C)c3ccccc32)CC1.O=C(O)/C=C\C(=O)O. The summed E-state index contributed by atoms with van der Waals surface area (Å²) in [5, 5.41) is 18.9. The van der Waals surface area contributed by atoms with Crippen LogP contribution in [0.4, 0.5) is 0 Å². The molecule has 0 aliphatic carbocycles. The molecule has 32 heavy (non-hydrogen) atoms. The summed E-state index contributed by atoms with van der Waals surface area (Å²) in [6.07, 6.45) is 2.28. The summed E-state index contributed by atoms with van der Waals surface area (Å²) >= 11 is 0. The van der Waals surface area contributed by atoms with Crippen LogP contribution in [0.2, 0.25) is 13.1 Å². The van der Waals surface area contributed by atoms with E-state index in [-0.39, 0.29) is 0 Å². The van der Waals surface area contributed by atoms with E-state index in [0.29, 0.717) is 18.2 Å². The minimum Gasteiger partial charge on any atom is -0.478 e. The number of aliphatic carboxylic acids is 2. The van der Waals surface area contributed by atoms with Gasteiger partial charge in [-0.15, -0.1) is 0 Å². The molecule has 0 saturated carbocycles. The first-order valence-electron chi connectivity index (χ1n) is 10.9. The molecule has 170 valence electrons. The second-order valence-corrected chi connectivity index (χ2v) is 13.3. The second-order valence-electron chi connectivity index (χ2n) is 8.94. The van der Waals surface area contributed by atoms with Crippen molar-refractivity contribution in [2.45, 2.75) is 25.6 Å². The van der Waals surface area contributed by atoms with Crippen LogP contribution in [-0.2, 0) is 16.0 Å². The van der Waals surface area contributed by atoms with Crippen LogP contribution in [0.15, 0.2) is 60.7 Å². The predicted octanol–water partition coefficient (Wildman–Crippen LogP) is 2.07. The Balaban J connectivity index is 0.000000312. The van der Waals surface area contributed by atoms with E-state index >= 15 is 0 Å². The molecule has 4 rings (SSSR count). The van der Waals surface area contributed by atoms with Crippen molar-refractivity contribution in [3.05, 3.63) is 71.8 Å². The zero-order valence-corrected chi connectivity index (χ0v) is 20.0. The number of piperazine rings is 1. The molecule has 6 nitrogen and oxygen atoms in total. The molecule has 1 unspecified atom stereocenters. The van der Waals surface area contributed by atoms with Gasteiger partial charge in [0.15, 0.2) is 0 Å². The second kappa shape index (κ2) is 10.2. The van der Waals surface area contributed by atoms with Crippen LogP contribution in [0.1, 0.15) is 17.2 Å². The molecule has 2 heterocycles. The van der Waals surface area contributed by atoms with Gasteiger partial charge in [0.2, 0.25) is 0 Å². The van der Waals surface area contributed by atoms with E-state index in [4.69, 9.17) is 10.2 Å². The van der Waals surface area contributed by atoms with E-state index < -0.39 is 20.0 Å². The van der Waals surface area contributed by atoms with Crippen LogP contribution in [0.5, 0.6) is 0 Å². The number of rotatable bonds is 3. The zero-order valence-electron chi connectivity index (χ0n) is 19.0. The van der Waals surface area contributed by atoms with E-state index in [1.54, 1.807) is 21.5 Å². The molecule has 2 N–H and O–H groups in total. The Hall–Kier alpha value is -2.74. The molecule has 0 amide bonds. The number of carboxylic acids is 2. The standard InChI is InChI=1S/C21H28N2Si.C4H4O4/c1-22-12-14-23(15-13-22)19-16-17-8-4-6-10-20(17)24(2,3)21-11-7-5-9-18(19)21;5-3(6)1-2-4(7)8/h4-11,19H,12-16H2,1-3H3;1-2H,(H,5,6)(H,7,8)/b;2-1-. The maximum Gasteiger partial charge on any atom is 0.328 e. The third-order valence-electron chi connectivity index (χ3n) is 6.44. The summed E-state index contributed by atoms with van der Waals surface area (Å²) in [5.74, 6) is -2.51. The minimum atomic E-state index is -1.64. The summed E-state index contributed by atoms with van der Waals surface area (Å²) in [4.78, 5) is 24.3. The molecule has 1 saturated heterocycles. The predicted molar refractivity (Wildman–Crippen MR) is 130 cm³/mol. The summed E-state index contributed by atoms with van der Waals surface area (Å²) in [6, 6.07) is 19.0. The number of carbonyl (C=O) groups is 2. The molecular weight excluding hydrogens is 420 g/mol. The van der Waals surface area contributed by atoms with Gasteiger partial charge in [-0.2, -0.15) is 0 Å². The Morgan fingerprint density at radius 3 is 2.00 bits per heavy atom. The Morgan fingerprint density at radius 2 is 1.41 bits per heavy atom. The fraction of sp³-hybridized carbons (Fsp3) is 0.360. The van der Waals surface area contributed by atoms with Gasteiger partial charge >= 0.3 is 11.9 Å². The highest BCUT2D eigenvalue weighted by molar-refractivity contribution is 7.01. The lowest BCUT2D eigenvalue weighted by Crippen LogP contribution is -2.54. The smallest absolute Gasteiger partial charge is 0.328 e. The molecule has 0 spiro atoms. The molecule has 0 aromatic heterocycles. The Bertz CT molecular complexity index is 981. The fourth-order valence-corrected chi connectivity index (χ4v) is 8.01. The van der Waals surface area contributed by atoms with Crippen molar-refractivity contribution in [3.8, 4) is 0 Å². The van der Waals surface area contributed by atoms with Crippen molar-refractivity contribution in [1.82, 2.24) is 9.80 Å². The van der Waals surface area contributed by atoms with E-state index in [1.807, 2.05) is 0 Å². The van der Waals surface area contributed by atoms with Gasteiger partial charge in [0.1, 0.15) is 8.07 Å². The van der Waals surface area contributed by atoms with Gasteiger partial charge in [0.05, 0.1) is 0 Å². The normalized spacial score (nSPS) is 20.4. The summed E-state index contributed by atoms with van der Waals surface area (Å²) in [7, 11) is 0.602. The van der Waals surface area contributed by atoms with Crippen LogP contribution in [0.3, 0.4) is 0 Å². The highest BCUT2D eigenvalue weighted by atomic mass is 28.3. The quantitative estimate of drug-likeness (QED) is 0.548. The highest BCUT2D eigenvalue weighted by Gasteiger charge is 2.37. The van der Waals surface area contributed by atoms with Crippen molar-refractivity contribution in [1.29, 1.82) is 0 Å². The maximum atomic E-state index is 9.55. The van der Waals surface area contributed by atoms with E-state index in [2.05, 4.69) is 78.5 Å². The Morgan fingerprint density at radius 1 is 0.875 bits per heavy atom. The molecule has 2 aromatic carbocycles. The first kappa shape index (κ1) is 23.9. The molecule has 2 aliphatic heterocycles. The van der Waals surface area contributed by atoms with Gasteiger partial charge in [-0.3, -0.25) is 4.90 Å². The molecule has 0 radical (unpaired) electrons. The number of hydrogen-bond donors (Lipinski definition) is 2. The van der Waals surface area contributed by atoms with Crippen molar-refractivity contribution < 1.29 is 19.8 Å². The third kappa shape index (κ3) is 5.54. The summed E-state index contributed by atoms with van der Waals surface area (Å²) in [5.41, 5.74) is 3.17. The third-order valence-corrected chi connectivity index (χ3v) is 10.1. The van der Waals surface area contributed by atoms with Crippen LogP contribution < -0.4 is 10.4 Å². The molecule has 0 bridgehead atoms. The molecule has 7 heteroatoms.